The van der Waals surface area contributed by atoms with Gasteiger partial charge in [-0.15, -0.1) is 0 Å². The predicted molar refractivity (Wildman–Crippen MR) is 42.8 cm³/mol. The van der Waals surface area contributed by atoms with Gasteiger partial charge in [0.15, 0.2) is 0 Å². The number of hydroxylamine groups is 1. The summed E-state index contributed by atoms with van der Waals surface area (Å²) in [5.74, 6) is 0.920. The molecule has 10 heavy (non-hydrogen) atoms. The number of hydrogen-bond donors (Lipinski definition) is 1. The SMILES string of the molecule is CSCCCONC(C)=O. The summed E-state index contributed by atoms with van der Waals surface area (Å²) in [4.78, 5) is 15.0. The van der Waals surface area contributed by atoms with Crippen molar-refractivity contribution in [3.8, 4) is 0 Å². The maximum absolute atomic E-state index is 10.2. The minimum atomic E-state index is -0.149. The minimum absolute atomic E-state index is 0.149. The summed E-state index contributed by atoms with van der Waals surface area (Å²) < 4.78 is 0. The van der Waals surface area contributed by atoms with Gasteiger partial charge in [0.25, 0.3) is 0 Å². The van der Waals surface area contributed by atoms with Crippen molar-refractivity contribution in [3.05, 3.63) is 0 Å². The van der Waals surface area contributed by atoms with Gasteiger partial charge in [0.05, 0.1) is 6.61 Å². The van der Waals surface area contributed by atoms with E-state index in [1.54, 1.807) is 11.8 Å². The lowest BCUT2D eigenvalue weighted by Gasteiger charge is -2.00. The van der Waals surface area contributed by atoms with Gasteiger partial charge < -0.3 is 0 Å². The van der Waals surface area contributed by atoms with Crippen LogP contribution in [0, 0.1) is 0 Å². The Hall–Kier alpha value is -0.220. The normalized spacial score (nSPS) is 9.40. The highest BCUT2D eigenvalue weighted by Gasteiger charge is 1.89. The number of carbonyl (C=O) groups excluding carboxylic acids is 1. The van der Waals surface area contributed by atoms with Gasteiger partial charge in [0.1, 0.15) is 0 Å². The van der Waals surface area contributed by atoms with Gasteiger partial charge in [0, 0.05) is 6.92 Å². The van der Waals surface area contributed by atoms with E-state index in [0.29, 0.717) is 6.61 Å². The third-order valence-corrected chi connectivity index (χ3v) is 1.51. The molecule has 0 atom stereocenters. The Labute approximate surface area is 65.5 Å². The van der Waals surface area contributed by atoms with E-state index >= 15 is 0 Å². The molecule has 0 aliphatic heterocycles. The van der Waals surface area contributed by atoms with Crippen molar-refractivity contribution in [2.45, 2.75) is 13.3 Å². The van der Waals surface area contributed by atoms with Crippen molar-refractivity contribution in [1.29, 1.82) is 0 Å². The molecule has 0 rings (SSSR count). The standard InChI is InChI=1S/C6H13NO2S/c1-6(8)7-9-4-3-5-10-2/h3-5H2,1-2H3,(H,7,8). The topological polar surface area (TPSA) is 38.3 Å². The Kier molecular flexibility index (Phi) is 6.74. The van der Waals surface area contributed by atoms with Crippen LogP contribution in [0.25, 0.3) is 0 Å². The second-order valence-corrected chi connectivity index (χ2v) is 2.84. The van der Waals surface area contributed by atoms with Crippen molar-refractivity contribution in [1.82, 2.24) is 5.48 Å². The molecule has 3 nitrogen and oxygen atoms in total. The van der Waals surface area contributed by atoms with Gasteiger partial charge in [-0.25, -0.2) is 5.48 Å². The second-order valence-electron chi connectivity index (χ2n) is 1.85. The molecule has 1 amide bonds. The minimum Gasteiger partial charge on any atom is -0.274 e. The fourth-order valence-electron chi connectivity index (χ4n) is 0.428. The predicted octanol–water partition coefficient (Wildman–Crippen LogP) is 0.807. The molecule has 0 saturated heterocycles. The molecule has 1 N–H and O–H groups in total. The van der Waals surface area contributed by atoms with Crippen molar-refractivity contribution in [2.75, 3.05) is 18.6 Å². The first-order chi connectivity index (χ1) is 4.77. The number of carbonyl (C=O) groups is 1. The first-order valence-electron chi connectivity index (χ1n) is 3.14. The summed E-state index contributed by atoms with van der Waals surface area (Å²) in [5.41, 5.74) is 2.26. The average Bonchev–Trinajstić information content (AvgIpc) is 1.87. The molecule has 0 spiro atoms. The molecular weight excluding hydrogens is 150 g/mol. The zero-order valence-corrected chi connectivity index (χ0v) is 7.16. The zero-order valence-electron chi connectivity index (χ0n) is 6.35. The molecule has 0 fully saturated rings. The average molecular weight is 163 g/mol. The Morgan fingerprint density at radius 3 is 2.90 bits per heavy atom. The van der Waals surface area contributed by atoms with E-state index in [-0.39, 0.29) is 5.91 Å². The Bertz CT molecular complexity index is 97.7. The molecule has 60 valence electrons. The molecule has 0 aliphatic rings. The van der Waals surface area contributed by atoms with E-state index in [4.69, 9.17) is 4.84 Å². The first-order valence-corrected chi connectivity index (χ1v) is 4.54. The summed E-state index contributed by atoms with van der Waals surface area (Å²) in [6, 6.07) is 0. The first kappa shape index (κ1) is 9.78. The highest BCUT2D eigenvalue weighted by atomic mass is 32.2. The Morgan fingerprint density at radius 2 is 2.40 bits per heavy atom. The van der Waals surface area contributed by atoms with Crippen LogP contribution in [0.1, 0.15) is 13.3 Å². The number of nitrogens with one attached hydrogen (secondary N) is 1. The summed E-state index contributed by atoms with van der Waals surface area (Å²) in [5, 5.41) is 0. The molecule has 0 aromatic rings. The smallest absolute Gasteiger partial charge is 0.240 e. The van der Waals surface area contributed by atoms with Gasteiger partial charge in [0.2, 0.25) is 5.91 Å². The molecule has 0 saturated carbocycles. The lowest BCUT2D eigenvalue weighted by Crippen LogP contribution is -2.20. The molecule has 0 aromatic carbocycles. The fourth-order valence-corrected chi connectivity index (χ4v) is 0.835. The molecule has 0 unspecified atom stereocenters. The van der Waals surface area contributed by atoms with Crippen LogP contribution in [-0.2, 0) is 9.63 Å². The Balaban J connectivity index is 2.84. The maximum atomic E-state index is 10.2. The van der Waals surface area contributed by atoms with Crippen LogP contribution >= 0.6 is 11.8 Å². The largest absolute Gasteiger partial charge is 0.274 e. The molecule has 0 aliphatic carbocycles. The van der Waals surface area contributed by atoms with Crippen molar-refractivity contribution in [3.63, 3.8) is 0 Å². The highest BCUT2D eigenvalue weighted by molar-refractivity contribution is 7.98. The molecule has 0 bridgehead atoms. The monoisotopic (exact) mass is 163 g/mol. The van der Waals surface area contributed by atoms with Crippen molar-refractivity contribution in [2.24, 2.45) is 0 Å². The van der Waals surface area contributed by atoms with Gasteiger partial charge in [-0.1, -0.05) is 0 Å². The van der Waals surface area contributed by atoms with Gasteiger partial charge in [-0.05, 0) is 18.4 Å². The maximum Gasteiger partial charge on any atom is 0.240 e. The highest BCUT2D eigenvalue weighted by Crippen LogP contribution is 1.93. The van der Waals surface area contributed by atoms with E-state index in [9.17, 15) is 4.79 Å². The number of rotatable bonds is 5. The van der Waals surface area contributed by atoms with Crippen LogP contribution in [0.5, 0.6) is 0 Å². The zero-order chi connectivity index (χ0) is 7.82. The van der Waals surface area contributed by atoms with Crippen LogP contribution < -0.4 is 5.48 Å². The van der Waals surface area contributed by atoms with Gasteiger partial charge >= 0.3 is 0 Å². The third kappa shape index (κ3) is 7.78. The molecule has 0 aromatic heterocycles. The van der Waals surface area contributed by atoms with E-state index in [2.05, 4.69) is 5.48 Å². The van der Waals surface area contributed by atoms with Crippen LogP contribution in [0.2, 0.25) is 0 Å². The van der Waals surface area contributed by atoms with E-state index < -0.39 is 0 Å². The molecular formula is C6H13NO2S. The Morgan fingerprint density at radius 1 is 1.70 bits per heavy atom. The van der Waals surface area contributed by atoms with Gasteiger partial charge in [-0.3, -0.25) is 9.63 Å². The summed E-state index contributed by atoms with van der Waals surface area (Å²) in [6.07, 6.45) is 3.01. The number of thioether (sulfide) groups is 1. The van der Waals surface area contributed by atoms with Gasteiger partial charge in [-0.2, -0.15) is 11.8 Å². The summed E-state index contributed by atoms with van der Waals surface area (Å²) in [7, 11) is 0. The van der Waals surface area contributed by atoms with E-state index in [1.807, 2.05) is 6.26 Å². The van der Waals surface area contributed by atoms with Crippen LogP contribution in [0.4, 0.5) is 0 Å². The van der Waals surface area contributed by atoms with Crippen molar-refractivity contribution >= 4 is 17.7 Å². The van der Waals surface area contributed by atoms with Crippen molar-refractivity contribution < 1.29 is 9.63 Å². The summed E-state index contributed by atoms with van der Waals surface area (Å²) in [6.45, 7) is 2.02. The number of amides is 1. The molecule has 0 radical (unpaired) electrons. The van der Waals surface area contributed by atoms with E-state index in [1.165, 1.54) is 6.92 Å². The van der Waals surface area contributed by atoms with Crippen LogP contribution in [-0.4, -0.2) is 24.5 Å². The second kappa shape index (κ2) is 6.89. The third-order valence-electron chi connectivity index (χ3n) is 0.811. The molecule has 4 heteroatoms. The quantitative estimate of drug-likeness (QED) is 0.481. The fraction of sp³-hybridized carbons (Fsp3) is 0.833. The summed E-state index contributed by atoms with van der Waals surface area (Å²) >= 11 is 1.77. The number of hydrogen-bond acceptors (Lipinski definition) is 3. The lowest BCUT2D eigenvalue weighted by atomic mass is 10.5. The van der Waals surface area contributed by atoms with E-state index in [0.717, 1.165) is 12.2 Å². The van der Waals surface area contributed by atoms with Crippen LogP contribution in [0.15, 0.2) is 0 Å². The lowest BCUT2D eigenvalue weighted by molar-refractivity contribution is -0.131. The molecule has 0 heterocycles. The van der Waals surface area contributed by atoms with Crippen LogP contribution in [0.3, 0.4) is 0 Å².